The van der Waals surface area contributed by atoms with E-state index in [-0.39, 0.29) is 4.90 Å². The third-order valence-electron chi connectivity index (χ3n) is 2.28. The summed E-state index contributed by atoms with van der Waals surface area (Å²) < 4.78 is 44.8. The lowest BCUT2D eigenvalue weighted by molar-refractivity contribution is -0.112. The van der Waals surface area contributed by atoms with Gasteiger partial charge in [0.1, 0.15) is 0 Å². The highest BCUT2D eigenvalue weighted by Crippen LogP contribution is 2.26. The minimum absolute atomic E-state index is 0.107. The molecular weight excluding hydrogens is 308 g/mol. The number of carbonyl (C=O) groups is 1. The number of hydrogen-bond donors (Lipinski definition) is 0. The van der Waals surface area contributed by atoms with Crippen LogP contribution in [0.2, 0.25) is 0 Å². The summed E-state index contributed by atoms with van der Waals surface area (Å²) in [7, 11) is -4.23. The van der Waals surface area contributed by atoms with Crippen LogP contribution in [0, 0.1) is 6.92 Å². The average molecular weight is 332 g/mol. The predicted molar refractivity (Wildman–Crippen MR) is 85.9 cm³/mol. The summed E-state index contributed by atoms with van der Waals surface area (Å²) >= 11 is 0.894. The summed E-state index contributed by atoms with van der Waals surface area (Å²) in [6.07, 6.45) is -3.86. The Labute approximate surface area is 134 Å². The van der Waals surface area contributed by atoms with Gasteiger partial charge < -0.3 is 0 Å². The van der Waals surface area contributed by atoms with Crippen molar-refractivity contribution < 1.29 is 20.1 Å². The molecule has 1 aromatic carbocycles. The zero-order valence-corrected chi connectivity index (χ0v) is 14.5. The van der Waals surface area contributed by atoms with Crippen molar-refractivity contribution in [2.45, 2.75) is 56.7 Å². The van der Waals surface area contributed by atoms with Gasteiger partial charge in [-0.1, -0.05) is 50.2 Å². The maximum absolute atomic E-state index is 12.2. The largest absolute Gasteiger partial charge is 0.297 e. The van der Waals surface area contributed by atoms with Crippen molar-refractivity contribution in [2.24, 2.45) is 0 Å². The fourth-order valence-electron chi connectivity index (χ4n) is 1.45. The first-order valence-corrected chi connectivity index (χ1v) is 8.64. The van der Waals surface area contributed by atoms with Crippen molar-refractivity contribution in [3.05, 3.63) is 29.8 Å². The third-order valence-corrected chi connectivity index (χ3v) is 4.54. The second-order valence-electron chi connectivity index (χ2n) is 5.64. The summed E-state index contributed by atoms with van der Waals surface area (Å²) in [6, 6.07) is 5.95. The van der Waals surface area contributed by atoms with Crippen molar-refractivity contribution >= 4 is 27.0 Å². The van der Waals surface area contributed by atoms with Crippen LogP contribution in [0.1, 0.15) is 42.4 Å². The molecule has 0 fully saturated rings. The average Bonchev–Trinajstić information content (AvgIpc) is 2.35. The van der Waals surface area contributed by atoms with Gasteiger partial charge in [-0.25, -0.2) is 0 Å². The second-order valence-corrected chi connectivity index (χ2v) is 9.02. The van der Waals surface area contributed by atoms with Crippen molar-refractivity contribution in [3.63, 3.8) is 0 Å². The Morgan fingerprint density at radius 1 is 1.38 bits per heavy atom. The highest BCUT2D eigenvalue weighted by molar-refractivity contribution is 8.14. The Hall–Kier alpha value is -0.850. The first-order valence-electron chi connectivity index (χ1n) is 7.50. The smallest absolute Gasteiger partial charge is 0.287 e. The molecule has 0 radical (unpaired) electrons. The van der Waals surface area contributed by atoms with Crippen LogP contribution in [0.25, 0.3) is 0 Å². The number of rotatable bonds is 5. The molecule has 0 aromatic heterocycles. The molecule has 0 heterocycles. The third kappa shape index (κ3) is 6.63. The van der Waals surface area contributed by atoms with Gasteiger partial charge in [0.15, 0.2) is 5.12 Å². The molecule has 1 aromatic rings. The van der Waals surface area contributed by atoms with Crippen LogP contribution in [0.3, 0.4) is 0 Å². The summed E-state index contributed by atoms with van der Waals surface area (Å²) in [6.45, 7) is 8.32. The van der Waals surface area contributed by atoms with E-state index in [9.17, 15) is 13.2 Å². The van der Waals surface area contributed by atoms with Gasteiger partial charge >= 0.3 is 0 Å². The lowest BCUT2D eigenvalue weighted by Crippen LogP contribution is -2.20. The van der Waals surface area contributed by atoms with Crippen molar-refractivity contribution in [1.82, 2.24) is 0 Å². The molecule has 0 aliphatic heterocycles. The first kappa shape index (κ1) is 15.1. The first-order chi connectivity index (χ1) is 10.2. The van der Waals surface area contributed by atoms with E-state index in [0.717, 1.165) is 24.2 Å². The van der Waals surface area contributed by atoms with Crippen LogP contribution in [-0.4, -0.2) is 24.4 Å². The molecule has 4 nitrogen and oxygen atoms in total. The summed E-state index contributed by atoms with van der Waals surface area (Å²) in [5.41, 5.74) is 0.882. The molecule has 0 spiro atoms. The van der Waals surface area contributed by atoms with E-state index in [1.165, 1.54) is 12.1 Å². The van der Waals surface area contributed by atoms with Gasteiger partial charge in [-0.2, -0.15) is 8.42 Å². The fourth-order valence-corrected chi connectivity index (χ4v) is 3.24. The van der Waals surface area contributed by atoms with Gasteiger partial charge in [-0.05, 0) is 26.0 Å². The van der Waals surface area contributed by atoms with E-state index < -0.39 is 32.5 Å². The number of hydrogen-bond acceptors (Lipinski definition) is 5. The van der Waals surface area contributed by atoms with E-state index in [1.807, 2.05) is 6.92 Å². The maximum atomic E-state index is 12.2. The molecular formula is C15H22O4S2. The Morgan fingerprint density at radius 2 is 1.90 bits per heavy atom. The van der Waals surface area contributed by atoms with Crippen molar-refractivity contribution in [1.29, 1.82) is 0 Å². The predicted octanol–water partition coefficient (Wildman–Crippen LogP) is 3.54. The second kappa shape index (κ2) is 6.94. The number of aryl methyl sites for hydroxylation is 1. The molecule has 0 N–H and O–H groups in total. The Kier molecular flexibility index (Phi) is 4.98. The van der Waals surface area contributed by atoms with Crippen LogP contribution in [0.15, 0.2) is 29.2 Å². The molecule has 6 heteroatoms. The summed E-state index contributed by atoms with van der Waals surface area (Å²) in [5, 5.41) is -0.603. The van der Waals surface area contributed by atoms with Crippen LogP contribution in [0.4, 0.5) is 0 Å². The van der Waals surface area contributed by atoms with Gasteiger partial charge in [-0.15, -0.1) is 0 Å². The number of carbonyl (C=O) groups excluding carboxylic acids is 1. The van der Waals surface area contributed by atoms with Crippen LogP contribution >= 0.6 is 11.8 Å². The molecule has 0 saturated carbocycles. The molecule has 21 heavy (non-hydrogen) atoms. The molecule has 118 valence electrons. The van der Waals surface area contributed by atoms with Crippen LogP contribution in [0.5, 0.6) is 0 Å². The normalized spacial score (nSPS) is 18.3. The van der Waals surface area contributed by atoms with Gasteiger partial charge in [0.2, 0.25) is 0 Å². The lowest BCUT2D eigenvalue weighted by atomic mass is 10.2. The van der Waals surface area contributed by atoms with Gasteiger partial charge in [0, 0.05) is 12.5 Å². The molecule has 0 bridgehead atoms. The topological polar surface area (TPSA) is 60.4 Å². The fraction of sp³-hybridized carbons (Fsp3) is 0.533. The van der Waals surface area contributed by atoms with Crippen molar-refractivity contribution in [2.75, 3.05) is 0 Å². The van der Waals surface area contributed by atoms with Crippen LogP contribution < -0.4 is 0 Å². The van der Waals surface area contributed by atoms with E-state index in [4.69, 9.17) is 6.92 Å². The Bertz CT molecular complexity index is 662. The number of thioether (sulfide) groups is 1. The lowest BCUT2D eigenvalue weighted by Gasteiger charge is -2.18. The molecule has 0 aliphatic carbocycles. The maximum Gasteiger partial charge on any atom is 0.297 e. The standard InChI is InChI=1S/C15H22O4S2/c1-11-6-8-13(9-7-11)21(17,18)19-12(2)10-14(16)20-15(3,4)5/h6-9,12H,10H2,1-5H3/t12-/m1/s1/i10D,12D/t10-,12-. The minimum atomic E-state index is -4.23. The molecule has 0 saturated heterocycles. The summed E-state index contributed by atoms with van der Waals surface area (Å²) in [4.78, 5) is 11.9. The molecule has 2 atom stereocenters. The zero-order valence-electron chi connectivity index (χ0n) is 14.8. The zero-order chi connectivity index (χ0) is 18.1. The van der Waals surface area contributed by atoms with E-state index in [2.05, 4.69) is 0 Å². The molecule has 0 amide bonds. The van der Waals surface area contributed by atoms with E-state index in [1.54, 1.807) is 32.9 Å². The van der Waals surface area contributed by atoms with Gasteiger partial charge in [-0.3, -0.25) is 8.98 Å². The Balaban J connectivity index is 2.96. The quantitative estimate of drug-likeness (QED) is 0.772. The van der Waals surface area contributed by atoms with Gasteiger partial charge in [0.05, 0.1) is 12.3 Å². The SMILES string of the molecule is [2H][C@@H](C(=O)SC(C)(C)C)[C@@]([2H])(C)OS(=O)(=O)c1ccc(C)cc1. The molecule has 0 unspecified atom stereocenters. The number of benzene rings is 1. The Morgan fingerprint density at radius 3 is 2.38 bits per heavy atom. The van der Waals surface area contributed by atoms with Crippen LogP contribution in [-0.2, 0) is 19.1 Å². The van der Waals surface area contributed by atoms with Gasteiger partial charge in [0.25, 0.3) is 10.1 Å². The van der Waals surface area contributed by atoms with E-state index in [0.29, 0.717) is 0 Å². The minimum Gasteiger partial charge on any atom is -0.287 e. The molecule has 0 aliphatic rings. The van der Waals surface area contributed by atoms with E-state index >= 15 is 0 Å². The molecule has 1 rings (SSSR count). The highest BCUT2D eigenvalue weighted by atomic mass is 32.2. The van der Waals surface area contributed by atoms with Crippen molar-refractivity contribution in [3.8, 4) is 0 Å². The highest BCUT2D eigenvalue weighted by Gasteiger charge is 2.23. The monoisotopic (exact) mass is 332 g/mol. The summed E-state index contributed by atoms with van der Waals surface area (Å²) in [5.74, 6) is 0.